The maximum atomic E-state index is 12.9. The molecular formula is C28H27N3O. The van der Waals surface area contributed by atoms with E-state index in [1.165, 1.54) is 27.8 Å². The quantitative estimate of drug-likeness (QED) is 0.444. The summed E-state index contributed by atoms with van der Waals surface area (Å²) in [7, 11) is 0. The zero-order valence-corrected chi connectivity index (χ0v) is 19.0. The fraction of sp³-hybridized carbons (Fsp3) is 0.250. The van der Waals surface area contributed by atoms with Crippen LogP contribution in [0.4, 0.5) is 5.82 Å². The molecule has 0 saturated carbocycles. The maximum Gasteiger partial charge on any atom is 0.236 e. The number of rotatable bonds is 4. The lowest BCUT2D eigenvalue weighted by Crippen LogP contribution is -2.33. The molecule has 1 amide bonds. The molecule has 1 N–H and O–H groups in total. The Morgan fingerprint density at radius 3 is 2.66 bits per heavy atom. The predicted molar refractivity (Wildman–Crippen MR) is 130 cm³/mol. The molecule has 0 bridgehead atoms. The standard InChI is InChI=1S/C28H27N3O/c1-5-19-15-25-20(10-11-24(30-25)22-13-17(2)8-9-18(22)3)14-21(19)16-28(4)23-7-6-12-29-26(23)31-27(28)32/h6-15H,5,16H2,1-4H3,(H,29,31,32). The van der Waals surface area contributed by atoms with Crippen LogP contribution in [0.15, 0.2) is 60.8 Å². The molecule has 3 heterocycles. The van der Waals surface area contributed by atoms with Crippen molar-refractivity contribution >= 4 is 22.6 Å². The van der Waals surface area contributed by atoms with Gasteiger partial charge in [-0.3, -0.25) is 4.79 Å². The van der Waals surface area contributed by atoms with Crippen molar-refractivity contribution in [3.05, 3.63) is 88.6 Å². The molecule has 1 aliphatic heterocycles. The molecule has 1 atom stereocenters. The van der Waals surface area contributed by atoms with E-state index in [-0.39, 0.29) is 5.91 Å². The Morgan fingerprint density at radius 2 is 1.84 bits per heavy atom. The van der Waals surface area contributed by atoms with Gasteiger partial charge < -0.3 is 5.32 Å². The van der Waals surface area contributed by atoms with Crippen molar-refractivity contribution in [2.75, 3.05) is 5.32 Å². The predicted octanol–water partition coefficient (Wildman–Crippen LogP) is 5.93. The number of carbonyl (C=O) groups is 1. The first-order valence-corrected chi connectivity index (χ1v) is 11.2. The van der Waals surface area contributed by atoms with E-state index in [4.69, 9.17) is 4.98 Å². The Balaban J connectivity index is 1.58. The van der Waals surface area contributed by atoms with Crippen LogP contribution in [0.2, 0.25) is 0 Å². The van der Waals surface area contributed by atoms with Crippen LogP contribution in [0.3, 0.4) is 0 Å². The maximum absolute atomic E-state index is 12.9. The van der Waals surface area contributed by atoms with Crippen molar-refractivity contribution in [3.63, 3.8) is 0 Å². The van der Waals surface area contributed by atoms with Crippen molar-refractivity contribution in [2.24, 2.45) is 0 Å². The van der Waals surface area contributed by atoms with Crippen molar-refractivity contribution in [2.45, 2.75) is 46.0 Å². The number of pyridine rings is 2. The number of benzene rings is 2. The van der Waals surface area contributed by atoms with Crippen LogP contribution < -0.4 is 5.32 Å². The molecule has 5 rings (SSSR count). The zero-order valence-electron chi connectivity index (χ0n) is 19.0. The Morgan fingerprint density at radius 1 is 1.00 bits per heavy atom. The van der Waals surface area contributed by atoms with Crippen LogP contribution in [0.25, 0.3) is 22.2 Å². The number of amides is 1. The van der Waals surface area contributed by atoms with Gasteiger partial charge in [-0.2, -0.15) is 0 Å². The lowest BCUT2D eigenvalue weighted by atomic mass is 9.77. The van der Waals surface area contributed by atoms with E-state index in [2.05, 4.69) is 73.5 Å². The van der Waals surface area contributed by atoms with Crippen molar-refractivity contribution in [3.8, 4) is 11.3 Å². The second-order valence-electron chi connectivity index (χ2n) is 9.04. The van der Waals surface area contributed by atoms with E-state index in [9.17, 15) is 4.79 Å². The van der Waals surface area contributed by atoms with E-state index in [1.807, 2.05) is 19.1 Å². The SMILES string of the molecule is CCc1cc2nc(-c3cc(C)ccc3C)ccc2cc1CC1(C)C(=O)Nc2ncccc21. The molecule has 32 heavy (non-hydrogen) atoms. The molecule has 0 aliphatic carbocycles. The third-order valence-electron chi connectivity index (χ3n) is 6.74. The van der Waals surface area contributed by atoms with Crippen molar-refractivity contribution in [1.29, 1.82) is 0 Å². The van der Waals surface area contributed by atoms with Crippen LogP contribution in [-0.4, -0.2) is 15.9 Å². The van der Waals surface area contributed by atoms with E-state index in [0.717, 1.165) is 28.6 Å². The summed E-state index contributed by atoms with van der Waals surface area (Å²) >= 11 is 0. The first-order valence-electron chi connectivity index (χ1n) is 11.2. The van der Waals surface area contributed by atoms with Gasteiger partial charge in [0.25, 0.3) is 0 Å². The second kappa shape index (κ2) is 7.56. The minimum absolute atomic E-state index is 0.0109. The lowest BCUT2D eigenvalue weighted by Gasteiger charge is -2.24. The number of aromatic nitrogens is 2. The third-order valence-corrected chi connectivity index (χ3v) is 6.74. The summed E-state index contributed by atoms with van der Waals surface area (Å²) in [6.45, 7) is 8.41. The van der Waals surface area contributed by atoms with Crippen LogP contribution in [0.5, 0.6) is 0 Å². The fourth-order valence-corrected chi connectivity index (χ4v) is 4.79. The largest absolute Gasteiger partial charge is 0.310 e. The zero-order chi connectivity index (χ0) is 22.5. The Kier molecular flexibility index (Phi) is 4.81. The number of anilines is 1. The molecule has 4 aromatic rings. The van der Waals surface area contributed by atoms with E-state index < -0.39 is 5.41 Å². The molecule has 1 unspecified atom stereocenters. The molecule has 0 radical (unpaired) electrons. The van der Waals surface area contributed by atoms with Crippen molar-refractivity contribution in [1.82, 2.24) is 9.97 Å². The number of fused-ring (bicyclic) bond motifs is 2. The van der Waals surface area contributed by atoms with Crippen LogP contribution >= 0.6 is 0 Å². The summed E-state index contributed by atoms with van der Waals surface area (Å²) in [6.07, 6.45) is 3.24. The first-order chi connectivity index (χ1) is 15.4. The smallest absolute Gasteiger partial charge is 0.236 e. The number of carbonyl (C=O) groups excluding carboxylic acids is 1. The lowest BCUT2D eigenvalue weighted by molar-refractivity contribution is -0.120. The highest BCUT2D eigenvalue weighted by Crippen LogP contribution is 2.40. The topological polar surface area (TPSA) is 54.9 Å². The summed E-state index contributed by atoms with van der Waals surface area (Å²) in [4.78, 5) is 22.3. The normalized spacial score (nSPS) is 17.4. The highest BCUT2D eigenvalue weighted by atomic mass is 16.2. The monoisotopic (exact) mass is 421 g/mol. The number of hydrogen-bond acceptors (Lipinski definition) is 3. The van der Waals surface area contributed by atoms with Gasteiger partial charge in [0.05, 0.1) is 16.6 Å². The number of aryl methyl sites for hydroxylation is 3. The van der Waals surface area contributed by atoms with Gasteiger partial charge in [-0.05, 0) is 80.6 Å². The van der Waals surface area contributed by atoms with Gasteiger partial charge in [0.15, 0.2) is 0 Å². The Labute approximate surface area is 188 Å². The van der Waals surface area contributed by atoms with Crippen molar-refractivity contribution < 1.29 is 4.79 Å². The molecule has 0 spiro atoms. The van der Waals surface area contributed by atoms with Crippen LogP contribution in [0.1, 0.15) is 41.7 Å². The molecule has 2 aromatic carbocycles. The van der Waals surface area contributed by atoms with E-state index >= 15 is 0 Å². The summed E-state index contributed by atoms with van der Waals surface area (Å²) in [5.41, 5.74) is 8.38. The minimum atomic E-state index is -0.632. The van der Waals surface area contributed by atoms with Gasteiger partial charge in [0.2, 0.25) is 5.91 Å². The third kappa shape index (κ3) is 3.27. The summed E-state index contributed by atoms with van der Waals surface area (Å²) in [5, 5.41) is 4.05. The van der Waals surface area contributed by atoms with Gasteiger partial charge in [-0.15, -0.1) is 0 Å². The second-order valence-corrected chi connectivity index (χ2v) is 9.04. The Hall–Kier alpha value is -3.53. The first kappa shape index (κ1) is 20.4. The number of nitrogens with one attached hydrogen (secondary N) is 1. The molecule has 1 aliphatic rings. The molecule has 2 aromatic heterocycles. The summed E-state index contributed by atoms with van der Waals surface area (Å²) < 4.78 is 0. The highest BCUT2D eigenvalue weighted by molar-refractivity contribution is 6.05. The summed E-state index contributed by atoms with van der Waals surface area (Å²) in [6, 6.07) is 19.0. The van der Waals surface area contributed by atoms with E-state index in [1.54, 1.807) is 6.20 Å². The summed E-state index contributed by atoms with van der Waals surface area (Å²) in [5.74, 6) is 0.690. The highest BCUT2D eigenvalue weighted by Gasteiger charge is 2.43. The average Bonchev–Trinajstić information content (AvgIpc) is 3.04. The van der Waals surface area contributed by atoms with Crippen LogP contribution in [-0.2, 0) is 23.1 Å². The molecule has 0 saturated heterocycles. The molecule has 0 fully saturated rings. The molecule has 4 nitrogen and oxygen atoms in total. The number of nitrogens with zero attached hydrogens (tertiary/aromatic N) is 2. The van der Waals surface area contributed by atoms with Crippen LogP contribution in [0, 0.1) is 13.8 Å². The van der Waals surface area contributed by atoms with Gasteiger partial charge in [-0.25, -0.2) is 9.97 Å². The molecule has 4 heteroatoms. The van der Waals surface area contributed by atoms with Gasteiger partial charge in [0.1, 0.15) is 5.82 Å². The Bertz CT molecular complexity index is 1370. The average molecular weight is 422 g/mol. The molecule has 160 valence electrons. The number of hydrogen-bond donors (Lipinski definition) is 1. The minimum Gasteiger partial charge on any atom is -0.310 e. The van der Waals surface area contributed by atoms with E-state index in [0.29, 0.717) is 12.2 Å². The van der Waals surface area contributed by atoms with Gasteiger partial charge >= 0.3 is 0 Å². The van der Waals surface area contributed by atoms with Gasteiger partial charge in [-0.1, -0.05) is 36.8 Å². The molecular weight excluding hydrogens is 394 g/mol. The van der Waals surface area contributed by atoms with Gasteiger partial charge in [0, 0.05) is 22.7 Å². The fourth-order valence-electron chi connectivity index (χ4n) is 4.79.